The summed E-state index contributed by atoms with van der Waals surface area (Å²) in [7, 11) is 1.47. The van der Waals surface area contributed by atoms with Gasteiger partial charge in [0.15, 0.2) is 11.5 Å². The van der Waals surface area contributed by atoms with Gasteiger partial charge in [0.05, 0.1) is 12.0 Å². The number of aromatic hydroxyl groups is 1. The summed E-state index contributed by atoms with van der Waals surface area (Å²) in [6.45, 7) is 1.98. The van der Waals surface area contributed by atoms with Gasteiger partial charge in [0, 0.05) is 6.04 Å². The molecule has 0 bridgehead atoms. The van der Waals surface area contributed by atoms with Crippen molar-refractivity contribution >= 4 is 29.0 Å². The highest BCUT2D eigenvalue weighted by molar-refractivity contribution is 8.18. The first-order chi connectivity index (χ1) is 12.0. The Kier molecular flexibility index (Phi) is 5.37. The van der Waals surface area contributed by atoms with E-state index in [1.54, 1.807) is 18.2 Å². The summed E-state index contributed by atoms with van der Waals surface area (Å²) in [5, 5.41) is 9.47. The van der Waals surface area contributed by atoms with Crippen LogP contribution in [0, 0.1) is 5.92 Å². The number of rotatable bonds is 4. The molecule has 25 heavy (non-hydrogen) atoms. The van der Waals surface area contributed by atoms with Crippen molar-refractivity contribution in [3.63, 3.8) is 0 Å². The van der Waals surface area contributed by atoms with Gasteiger partial charge < -0.3 is 9.84 Å². The number of benzene rings is 1. The highest BCUT2D eigenvalue weighted by Crippen LogP contribution is 2.38. The molecule has 0 spiro atoms. The van der Waals surface area contributed by atoms with Gasteiger partial charge in [0.2, 0.25) is 0 Å². The summed E-state index contributed by atoms with van der Waals surface area (Å²) in [6.07, 6.45) is 7.44. The maximum absolute atomic E-state index is 12.8. The van der Waals surface area contributed by atoms with Crippen LogP contribution in [0.3, 0.4) is 0 Å². The molecule has 1 aliphatic heterocycles. The second kappa shape index (κ2) is 7.52. The molecule has 1 atom stereocenters. The van der Waals surface area contributed by atoms with E-state index in [2.05, 4.69) is 0 Å². The monoisotopic (exact) mass is 361 g/mol. The molecule has 1 N–H and O–H groups in total. The molecule has 6 heteroatoms. The van der Waals surface area contributed by atoms with Crippen molar-refractivity contribution in [1.29, 1.82) is 0 Å². The normalized spacial score (nSPS) is 21.8. The number of thioether (sulfide) groups is 1. The third kappa shape index (κ3) is 3.68. The number of nitrogens with zero attached hydrogens (tertiary/aromatic N) is 1. The lowest BCUT2D eigenvalue weighted by Crippen LogP contribution is -2.42. The molecular weight excluding hydrogens is 338 g/mol. The van der Waals surface area contributed by atoms with Crippen LogP contribution in [-0.4, -0.2) is 34.3 Å². The van der Waals surface area contributed by atoms with Gasteiger partial charge in [-0.25, -0.2) is 0 Å². The standard InChI is InChI=1S/C19H23NO4S/c1-12(14-6-4-3-5-7-14)20-18(22)17(25-19(20)23)11-13-8-9-15(21)16(10-13)24-2/h8-12,14,21H,3-7H2,1-2H3. The molecule has 5 nitrogen and oxygen atoms in total. The van der Waals surface area contributed by atoms with Crippen molar-refractivity contribution in [2.75, 3.05) is 7.11 Å². The fraction of sp³-hybridized carbons (Fsp3) is 0.474. The summed E-state index contributed by atoms with van der Waals surface area (Å²) in [4.78, 5) is 27.0. The molecule has 0 radical (unpaired) electrons. The van der Waals surface area contributed by atoms with Gasteiger partial charge in [-0.1, -0.05) is 25.3 Å². The first-order valence-electron chi connectivity index (χ1n) is 8.65. The number of hydrogen-bond acceptors (Lipinski definition) is 5. The Morgan fingerprint density at radius 1 is 1.28 bits per heavy atom. The van der Waals surface area contributed by atoms with Crippen LogP contribution in [0.2, 0.25) is 0 Å². The summed E-state index contributed by atoms with van der Waals surface area (Å²) >= 11 is 0.982. The second-order valence-corrected chi connectivity index (χ2v) is 7.61. The lowest BCUT2D eigenvalue weighted by atomic mass is 9.84. The number of methoxy groups -OCH3 is 1. The van der Waals surface area contributed by atoms with Gasteiger partial charge in [-0.15, -0.1) is 0 Å². The van der Waals surface area contributed by atoms with E-state index in [1.807, 2.05) is 6.92 Å². The zero-order valence-corrected chi connectivity index (χ0v) is 15.3. The van der Waals surface area contributed by atoms with Gasteiger partial charge in [-0.2, -0.15) is 0 Å². The minimum atomic E-state index is -0.222. The molecule has 134 valence electrons. The van der Waals surface area contributed by atoms with Crippen molar-refractivity contribution in [3.8, 4) is 11.5 Å². The van der Waals surface area contributed by atoms with E-state index in [9.17, 15) is 14.7 Å². The Labute approximate surface area is 152 Å². The average Bonchev–Trinajstić information content (AvgIpc) is 2.90. The molecule has 1 saturated carbocycles. The molecule has 2 fully saturated rings. The molecule has 3 rings (SSSR count). The molecule has 0 aromatic heterocycles. The molecule has 1 aromatic carbocycles. The Morgan fingerprint density at radius 3 is 2.68 bits per heavy atom. The van der Waals surface area contributed by atoms with Gasteiger partial charge >= 0.3 is 0 Å². The minimum Gasteiger partial charge on any atom is -0.504 e. The van der Waals surface area contributed by atoms with E-state index in [0.717, 1.165) is 24.6 Å². The molecule has 1 saturated heterocycles. The predicted molar refractivity (Wildman–Crippen MR) is 98.5 cm³/mol. The molecule has 2 amide bonds. The molecule has 1 unspecified atom stereocenters. The van der Waals surface area contributed by atoms with Crippen LogP contribution in [-0.2, 0) is 4.79 Å². The van der Waals surface area contributed by atoms with Crippen LogP contribution < -0.4 is 4.74 Å². The molecule has 1 aliphatic carbocycles. The van der Waals surface area contributed by atoms with Crippen LogP contribution >= 0.6 is 11.8 Å². The lowest BCUT2D eigenvalue weighted by Gasteiger charge is -2.32. The lowest BCUT2D eigenvalue weighted by molar-refractivity contribution is -0.125. The van der Waals surface area contributed by atoms with E-state index in [1.165, 1.54) is 37.3 Å². The number of phenolic OH excluding ortho intramolecular Hbond substituents is 1. The van der Waals surface area contributed by atoms with Gasteiger partial charge in [0.25, 0.3) is 11.1 Å². The number of amides is 2. The number of carbonyl (C=O) groups is 2. The Morgan fingerprint density at radius 2 is 2.00 bits per heavy atom. The highest BCUT2D eigenvalue weighted by Gasteiger charge is 2.40. The fourth-order valence-electron chi connectivity index (χ4n) is 3.59. The van der Waals surface area contributed by atoms with E-state index < -0.39 is 0 Å². The van der Waals surface area contributed by atoms with Crippen molar-refractivity contribution in [3.05, 3.63) is 28.7 Å². The van der Waals surface area contributed by atoms with E-state index in [4.69, 9.17) is 4.74 Å². The van der Waals surface area contributed by atoms with Crippen molar-refractivity contribution in [1.82, 2.24) is 4.90 Å². The topological polar surface area (TPSA) is 66.8 Å². The Balaban J connectivity index is 1.80. The van der Waals surface area contributed by atoms with Crippen molar-refractivity contribution < 1.29 is 19.4 Å². The largest absolute Gasteiger partial charge is 0.504 e. The van der Waals surface area contributed by atoms with Crippen LogP contribution in [0.5, 0.6) is 11.5 Å². The van der Waals surface area contributed by atoms with Gasteiger partial charge in [-0.3, -0.25) is 14.5 Å². The van der Waals surface area contributed by atoms with Crippen molar-refractivity contribution in [2.24, 2.45) is 5.92 Å². The van der Waals surface area contributed by atoms with Crippen LogP contribution in [0.15, 0.2) is 23.1 Å². The molecule has 2 aliphatic rings. The average molecular weight is 361 g/mol. The van der Waals surface area contributed by atoms with Crippen molar-refractivity contribution in [2.45, 2.75) is 45.1 Å². The summed E-state index contributed by atoms with van der Waals surface area (Å²) in [5.74, 6) is 0.553. The first kappa shape index (κ1) is 17.9. The number of imide groups is 1. The number of carbonyl (C=O) groups excluding carboxylic acids is 2. The first-order valence-corrected chi connectivity index (χ1v) is 9.47. The Hall–Kier alpha value is -1.95. The van der Waals surface area contributed by atoms with Gasteiger partial charge in [-0.05, 0) is 61.2 Å². The van der Waals surface area contributed by atoms with Crippen LogP contribution in [0.1, 0.15) is 44.6 Å². The number of hydrogen-bond donors (Lipinski definition) is 1. The predicted octanol–water partition coefficient (Wildman–Crippen LogP) is 4.41. The maximum atomic E-state index is 12.8. The third-order valence-corrected chi connectivity index (χ3v) is 5.95. The van der Waals surface area contributed by atoms with Gasteiger partial charge in [0.1, 0.15) is 0 Å². The fourth-order valence-corrected chi connectivity index (χ4v) is 4.51. The molecule has 1 aromatic rings. The highest BCUT2D eigenvalue weighted by atomic mass is 32.2. The van der Waals surface area contributed by atoms with E-state index >= 15 is 0 Å². The minimum absolute atomic E-state index is 0.0404. The number of ether oxygens (including phenoxy) is 1. The van der Waals surface area contributed by atoms with Crippen LogP contribution in [0.25, 0.3) is 6.08 Å². The smallest absolute Gasteiger partial charge is 0.293 e. The summed E-state index contributed by atoms with van der Waals surface area (Å²) in [5.41, 5.74) is 0.713. The summed E-state index contributed by atoms with van der Waals surface area (Å²) in [6, 6.07) is 4.79. The second-order valence-electron chi connectivity index (χ2n) is 6.62. The molecular formula is C19H23NO4S. The Bertz CT molecular complexity index is 709. The van der Waals surface area contributed by atoms with E-state index in [-0.39, 0.29) is 22.9 Å². The quantitative estimate of drug-likeness (QED) is 0.805. The maximum Gasteiger partial charge on any atom is 0.293 e. The number of phenols is 1. The van der Waals surface area contributed by atoms with E-state index in [0.29, 0.717) is 22.1 Å². The zero-order chi connectivity index (χ0) is 18.0. The SMILES string of the molecule is COc1cc(C=C2SC(=O)N(C(C)C3CCCCC3)C2=O)ccc1O. The van der Waals surface area contributed by atoms with Crippen LogP contribution in [0.4, 0.5) is 4.79 Å². The molecule has 1 heterocycles. The summed E-state index contributed by atoms with van der Waals surface area (Å²) < 4.78 is 5.09. The third-order valence-electron chi connectivity index (χ3n) is 5.06. The zero-order valence-electron chi connectivity index (χ0n) is 14.5.